The van der Waals surface area contributed by atoms with E-state index in [0.717, 1.165) is 16.8 Å². The van der Waals surface area contributed by atoms with E-state index >= 15 is 0 Å². The van der Waals surface area contributed by atoms with Crippen molar-refractivity contribution in [3.05, 3.63) is 83.2 Å². The lowest BCUT2D eigenvalue weighted by molar-refractivity contribution is 0.0977. The molecule has 0 unspecified atom stereocenters. The number of fused-ring (bicyclic) bond motifs is 1. The van der Waals surface area contributed by atoms with Gasteiger partial charge in [0.25, 0.3) is 5.91 Å². The normalized spacial score (nSPS) is 10.6. The van der Waals surface area contributed by atoms with Crippen LogP contribution >= 0.6 is 23.6 Å². The van der Waals surface area contributed by atoms with Crippen LogP contribution in [0.1, 0.15) is 15.9 Å². The van der Waals surface area contributed by atoms with E-state index in [1.807, 2.05) is 42.6 Å². The van der Waals surface area contributed by atoms with E-state index in [0.29, 0.717) is 10.7 Å². The van der Waals surface area contributed by atoms with Crippen molar-refractivity contribution < 1.29 is 4.79 Å². The topological polar surface area (TPSA) is 54.0 Å². The number of rotatable bonds is 3. The van der Waals surface area contributed by atoms with E-state index in [1.54, 1.807) is 6.07 Å². The van der Waals surface area contributed by atoms with Gasteiger partial charge in [-0.2, -0.15) is 0 Å². The first kappa shape index (κ1) is 18.3. The molecule has 2 N–H and O–H groups in total. The molecule has 28 heavy (non-hydrogen) atoms. The minimum Gasteiger partial charge on any atom is -0.308 e. The Bertz CT molecular complexity index is 1180. The Hall–Kier alpha value is -3.09. The Morgan fingerprint density at radius 3 is 2.64 bits per heavy atom. The summed E-state index contributed by atoms with van der Waals surface area (Å²) in [5, 5.41) is 10.9. The molecular formula is C22H17N3OS2. The standard InChI is InChI=1S/C22H17N3OS2/c1-14-5-4-8-18(11-14)20(26)24-21(27)25-22-23-19(13-28-22)17-10-9-15-6-2-3-7-16(15)12-17/h2-13H,1H3,(H2,23,24,25,26,27). The van der Waals surface area contributed by atoms with Crippen LogP contribution in [0, 0.1) is 6.92 Å². The highest BCUT2D eigenvalue weighted by Crippen LogP contribution is 2.27. The molecule has 6 heteroatoms. The first-order chi connectivity index (χ1) is 13.6. The molecule has 1 amide bonds. The van der Waals surface area contributed by atoms with Crippen LogP contribution in [0.15, 0.2) is 72.1 Å². The van der Waals surface area contributed by atoms with Gasteiger partial charge in [0, 0.05) is 16.5 Å². The van der Waals surface area contributed by atoms with Gasteiger partial charge in [0.05, 0.1) is 5.69 Å². The number of carbonyl (C=O) groups is 1. The van der Waals surface area contributed by atoms with Crippen molar-refractivity contribution in [3.8, 4) is 11.3 Å². The predicted octanol–water partition coefficient (Wildman–Crippen LogP) is 5.40. The van der Waals surface area contributed by atoms with Gasteiger partial charge >= 0.3 is 0 Å². The smallest absolute Gasteiger partial charge is 0.257 e. The number of hydrogen-bond donors (Lipinski definition) is 2. The van der Waals surface area contributed by atoms with Crippen LogP contribution in [0.25, 0.3) is 22.0 Å². The number of aryl methyl sites for hydroxylation is 1. The van der Waals surface area contributed by atoms with Gasteiger partial charge < -0.3 is 5.32 Å². The zero-order valence-corrected chi connectivity index (χ0v) is 16.7. The Morgan fingerprint density at radius 2 is 1.82 bits per heavy atom. The van der Waals surface area contributed by atoms with Gasteiger partial charge in [-0.3, -0.25) is 10.1 Å². The lowest BCUT2D eigenvalue weighted by Gasteiger charge is -2.07. The molecule has 4 aromatic rings. The summed E-state index contributed by atoms with van der Waals surface area (Å²) >= 11 is 6.70. The summed E-state index contributed by atoms with van der Waals surface area (Å²) in [4.78, 5) is 16.9. The van der Waals surface area contributed by atoms with Crippen LogP contribution in [-0.2, 0) is 0 Å². The number of anilines is 1. The minimum atomic E-state index is -0.243. The van der Waals surface area contributed by atoms with E-state index in [-0.39, 0.29) is 11.0 Å². The maximum Gasteiger partial charge on any atom is 0.257 e. The molecule has 0 saturated heterocycles. The van der Waals surface area contributed by atoms with Gasteiger partial charge in [0.15, 0.2) is 10.2 Å². The fourth-order valence-corrected chi connectivity index (χ4v) is 3.88. The fraction of sp³-hybridized carbons (Fsp3) is 0.0455. The summed E-state index contributed by atoms with van der Waals surface area (Å²) < 4.78 is 0. The van der Waals surface area contributed by atoms with Crippen molar-refractivity contribution in [1.29, 1.82) is 0 Å². The maximum atomic E-state index is 12.3. The molecule has 4 nitrogen and oxygen atoms in total. The largest absolute Gasteiger partial charge is 0.308 e. The fourth-order valence-electron chi connectivity index (χ4n) is 2.90. The van der Waals surface area contributed by atoms with Crippen molar-refractivity contribution in [2.45, 2.75) is 6.92 Å². The molecule has 0 radical (unpaired) electrons. The van der Waals surface area contributed by atoms with Gasteiger partial charge in [-0.1, -0.05) is 54.1 Å². The van der Waals surface area contributed by atoms with Gasteiger partial charge in [0.2, 0.25) is 0 Å². The highest BCUT2D eigenvalue weighted by Gasteiger charge is 2.10. The minimum absolute atomic E-state index is 0.228. The third kappa shape index (κ3) is 4.08. The van der Waals surface area contributed by atoms with Crippen molar-refractivity contribution in [3.63, 3.8) is 0 Å². The monoisotopic (exact) mass is 403 g/mol. The number of amides is 1. The van der Waals surface area contributed by atoms with E-state index in [1.165, 1.54) is 22.1 Å². The number of hydrogen-bond acceptors (Lipinski definition) is 4. The zero-order chi connectivity index (χ0) is 19.5. The van der Waals surface area contributed by atoms with Gasteiger partial charge in [0.1, 0.15) is 0 Å². The van der Waals surface area contributed by atoms with Crippen LogP contribution in [0.4, 0.5) is 5.13 Å². The Kier molecular flexibility index (Phi) is 5.14. The van der Waals surface area contributed by atoms with Crippen LogP contribution < -0.4 is 10.6 Å². The molecule has 0 aliphatic carbocycles. The number of aromatic nitrogens is 1. The third-order valence-electron chi connectivity index (χ3n) is 4.28. The van der Waals surface area contributed by atoms with Crippen molar-refractivity contribution in [2.24, 2.45) is 0 Å². The number of thiazole rings is 1. The summed E-state index contributed by atoms with van der Waals surface area (Å²) in [6.45, 7) is 1.94. The predicted molar refractivity (Wildman–Crippen MR) is 120 cm³/mol. The number of nitrogens with one attached hydrogen (secondary N) is 2. The summed E-state index contributed by atoms with van der Waals surface area (Å²) in [5.74, 6) is -0.243. The highest BCUT2D eigenvalue weighted by atomic mass is 32.1. The Labute approximate surface area is 172 Å². The second kappa shape index (κ2) is 7.88. The van der Waals surface area contributed by atoms with E-state index in [4.69, 9.17) is 12.2 Å². The average Bonchev–Trinajstić information content (AvgIpc) is 3.16. The lowest BCUT2D eigenvalue weighted by Crippen LogP contribution is -2.34. The zero-order valence-electron chi connectivity index (χ0n) is 15.1. The molecule has 0 fully saturated rings. The van der Waals surface area contributed by atoms with Gasteiger partial charge in [-0.05, 0) is 48.1 Å². The molecule has 0 atom stereocenters. The number of nitrogens with zero attached hydrogens (tertiary/aromatic N) is 1. The van der Waals surface area contributed by atoms with E-state index in [2.05, 4.69) is 45.9 Å². The molecule has 0 aliphatic heterocycles. The Morgan fingerprint density at radius 1 is 1.00 bits per heavy atom. The van der Waals surface area contributed by atoms with Crippen molar-refractivity contribution in [1.82, 2.24) is 10.3 Å². The van der Waals surface area contributed by atoms with Crippen LogP contribution in [0.3, 0.4) is 0 Å². The van der Waals surface area contributed by atoms with Crippen LogP contribution in [-0.4, -0.2) is 16.0 Å². The van der Waals surface area contributed by atoms with Crippen molar-refractivity contribution in [2.75, 3.05) is 5.32 Å². The van der Waals surface area contributed by atoms with Crippen LogP contribution in [0.5, 0.6) is 0 Å². The molecule has 1 aromatic heterocycles. The average molecular weight is 404 g/mol. The summed E-state index contributed by atoms with van der Waals surface area (Å²) in [6.07, 6.45) is 0. The number of benzene rings is 3. The second-order valence-corrected chi connectivity index (χ2v) is 7.64. The summed E-state index contributed by atoms with van der Waals surface area (Å²) in [7, 11) is 0. The summed E-state index contributed by atoms with van der Waals surface area (Å²) in [5.41, 5.74) is 3.50. The molecular weight excluding hydrogens is 386 g/mol. The second-order valence-electron chi connectivity index (χ2n) is 6.38. The van der Waals surface area contributed by atoms with Gasteiger partial charge in [-0.15, -0.1) is 11.3 Å². The number of thiocarbonyl (C=S) groups is 1. The molecule has 4 rings (SSSR count). The highest BCUT2D eigenvalue weighted by molar-refractivity contribution is 7.80. The maximum absolute atomic E-state index is 12.3. The molecule has 3 aromatic carbocycles. The molecule has 1 heterocycles. The first-order valence-corrected chi connectivity index (χ1v) is 10.0. The van der Waals surface area contributed by atoms with E-state index in [9.17, 15) is 4.79 Å². The Balaban J connectivity index is 1.45. The van der Waals surface area contributed by atoms with Crippen molar-refractivity contribution >= 4 is 50.5 Å². The SMILES string of the molecule is Cc1cccc(C(=O)NC(=S)Nc2nc(-c3ccc4ccccc4c3)cs2)c1. The van der Waals surface area contributed by atoms with Crippen LogP contribution in [0.2, 0.25) is 0 Å². The van der Waals surface area contributed by atoms with E-state index < -0.39 is 0 Å². The lowest BCUT2D eigenvalue weighted by atomic mass is 10.1. The molecule has 0 saturated carbocycles. The summed E-state index contributed by atoms with van der Waals surface area (Å²) in [6, 6.07) is 21.8. The first-order valence-electron chi connectivity index (χ1n) is 8.72. The molecule has 0 spiro atoms. The van der Waals surface area contributed by atoms with Gasteiger partial charge in [-0.25, -0.2) is 4.98 Å². The molecule has 138 valence electrons. The molecule has 0 aliphatic rings. The number of carbonyl (C=O) groups excluding carboxylic acids is 1. The quantitative estimate of drug-likeness (QED) is 0.450. The third-order valence-corrected chi connectivity index (χ3v) is 5.24. The molecule has 0 bridgehead atoms.